The fourth-order valence-corrected chi connectivity index (χ4v) is 2.13. The van der Waals surface area contributed by atoms with Crippen molar-refractivity contribution < 1.29 is 14.6 Å². The lowest BCUT2D eigenvalue weighted by Crippen LogP contribution is -2.25. The number of nitrogen functional groups attached to an aromatic ring is 1. The van der Waals surface area contributed by atoms with Gasteiger partial charge in [0.05, 0.1) is 18.7 Å². The third-order valence-electron chi connectivity index (χ3n) is 3.14. The summed E-state index contributed by atoms with van der Waals surface area (Å²) in [4.78, 5) is 7.99. The van der Waals surface area contributed by atoms with E-state index in [1.54, 1.807) is 18.3 Å². The number of nitrogens with zero attached hydrogens (tertiary/aromatic N) is 2. The Balaban J connectivity index is 1.90. The molecule has 2 aromatic rings. The van der Waals surface area contributed by atoms with Crippen LogP contribution in [0.3, 0.4) is 0 Å². The molecule has 0 bridgehead atoms. The molecule has 19 heavy (non-hydrogen) atoms. The van der Waals surface area contributed by atoms with E-state index >= 15 is 0 Å². The van der Waals surface area contributed by atoms with E-state index in [0.29, 0.717) is 24.5 Å². The number of rotatable bonds is 2. The summed E-state index contributed by atoms with van der Waals surface area (Å²) in [5.41, 5.74) is 6.11. The van der Waals surface area contributed by atoms with Crippen LogP contribution < -0.4 is 10.5 Å². The highest BCUT2D eigenvalue weighted by atomic mass is 16.5. The van der Waals surface area contributed by atoms with Crippen LogP contribution in [0.5, 0.6) is 11.5 Å². The van der Waals surface area contributed by atoms with Crippen molar-refractivity contribution in [2.45, 2.75) is 18.9 Å². The van der Waals surface area contributed by atoms with Crippen LogP contribution in [0.1, 0.15) is 12.8 Å². The fraction of sp³-hybridized carbons (Fsp3) is 0.385. The van der Waals surface area contributed by atoms with E-state index in [1.807, 2.05) is 0 Å². The molecule has 1 aromatic carbocycles. The lowest BCUT2D eigenvalue weighted by atomic mass is 10.1. The standard InChI is InChI=1S/C13H15N3O3/c14-13-15-7-8-5-12(11(17)6-10(8)16-13)19-9-1-3-18-4-2-9/h5-7,9,17H,1-4H2,(H2,14,15,16). The largest absolute Gasteiger partial charge is 0.504 e. The summed E-state index contributed by atoms with van der Waals surface area (Å²) in [6.07, 6.45) is 3.35. The van der Waals surface area contributed by atoms with E-state index in [-0.39, 0.29) is 17.8 Å². The number of phenolic OH excluding ortho intramolecular Hbond substituents is 1. The van der Waals surface area contributed by atoms with Gasteiger partial charge in [-0.25, -0.2) is 9.97 Å². The average Bonchev–Trinajstić information content (AvgIpc) is 2.41. The fourth-order valence-electron chi connectivity index (χ4n) is 2.13. The molecule has 1 saturated heterocycles. The van der Waals surface area contributed by atoms with E-state index < -0.39 is 0 Å². The molecular weight excluding hydrogens is 246 g/mol. The Morgan fingerprint density at radius 2 is 2.11 bits per heavy atom. The molecule has 0 unspecified atom stereocenters. The summed E-state index contributed by atoms with van der Waals surface area (Å²) in [5, 5.41) is 10.8. The molecule has 1 aromatic heterocycles. The molecule has 0 aliphatic carbocycles. The van der Waals surface area contributed by atoms with Gasteiger partial charge >= 0.3 is 0 Å². The van der Waals surface area contributed by atoms with Crippen LogP contribution in [0, 0.1) is 0 Å². The zero-order valence-electron chi connectivity index (χ0n) is 10.4. The highest BCUT2D eigenvalue weighted by Gasteiger charge is 2.17. The number of aromatic hydroxyl groups is 1. The molecule has 1 fully saturated rings. The molecule has 0 atom stereocenters. The van der Waals surface area contributed by atoms with Crippen LogP contribution in [-0.4, -0.2) is 34.4 Å². The molecule has 0 spiro atoms. The van der Waals surface area contributed by atoms with Crippen molar-refractivity contribution in [3.63, 3.8) is 0 Å². The minimum Gasteiger partial charge on any atom is -0.504 e. The van der Waals surface area contributed by atoms with Gasteiger partial charge in [0.2, 0.25) is 5.95 Å². The van der Waals surface area contributed by atoms with Crippen molar-refractivity contribution in [2.75, 3.05) is 18.9 Å². The van der Waals surface area contributed by atoms with Crippen molar-refractivity contribution in [3.8, 4) is 11.5 Å². The normalized spacial score (nSPS) is 16.6. The third kappa shape index (κ3) is 2.53. The second-order valence-corrected chi connectivity index (χ2v) is 4.54. The molecule has 0 radical (unpaired) electrons. The lowest BCUT2D eigenvalue weighted by Gasteiger charge is -2.23. The average molecular weight is 261 g/mol. The van der Waals surface area contributed by atoms with Gasteiger partial charge in [0.25, 0.3) is 0 Å². The van der Waals surface area contributed by atoms with Crippen LogP contribution in [0.4, 0.5) is 5.95 Å². The van der Waals surface area contributed by atoms with Crippen LogP contribution in [-0.2, 0) is 4.74 Å². The molecule has 2 heterocycles. The molecule has 100 valence electrons. The van der Waals surface area contributed by atoms with E-state index in [1.165, 1.54) is 0 Å². The monoisotopic (exact) mass is 261 g/mol. The maximum atomic E-state index is 9.97. The zero-order chi connectivity index (χ0) is 13.2. The summed E-state index contributed by atoms with van der Waals surface area (Å²) in [5.74, 6) is 0.704. The second-order valence-electron chi connectivity index (χ2n) is 4.54. The molecule has 3 N–H and O–H groups in total. The van der Waals surface area contributed by atoms with Crippen LogP contribution in [0.15, 0.2) is 18.3 Å². The summed E-state index contributed by atoms with van der Waals surface area (Å²) in [6, 6.07) is 3.28. The van der Waals surface area contributed by atoms with E-state index in [9.17, 15) is 5.11 Å². The molecule has 0 amide bonds. The molecule has 3 rings (SSSR count). The zero-order valence-corrected chi connectivity index (χ0v) is 10.4. The molecule has 6 heteroatoms. The van der Waals surface area contributed by atoms with Crippen molar-refractivity contribution in [1.82, 2.24) is 9.97 Å². The highest BCUT2D eigenvalue weighted by Crippen LogP contribution is 2.32. The van der Waals surface area contributed by atoms with E-state index in [4.69, 9.17) is 15.2 Å². The van der Waals surface area contributed by atoms with E-state index in [0.717, 1.165) is 18.2 Å². The van der Waals surface area contributed by atoms with Crippen LogP contribution >= 0.6 is 0 Å². The predicted molar refractivity (Wildman–Crippen MR) is 70.1 cm³/mol. The van der Waals surface area contributed by atoms with Crippen molar-refractivity contribution in [2.24, 2.45) is 0 Å². The predicted octanol–water partition coefficient (Wildman–Crippen LogP) is 1.48. The maximum absolute atomic E-state index is 9.97. The minimum atomic E-state index is 0.0668. The number of phenols is 1. The Kier molecular flexibility index (Phi) is 3.08. The number of nitrogens with two attached hydrogens (primary N) is 1. The number of ether oxygens (including phenoxy) is 2. The van der Waals surface area contributed by atoms with Crippen molar-refractivity contribution in [1.29, 1.82) is 0 Å². The Morgan fingerprint density at radius 1 is 1.32 bits per heavy atom. The summed E-state index contributed by atoms with van der Waals surface area (Å²) >= 11 is 0. The van der Waals surface area contributed by atoms with Gasteiger partial charge in [-0.1, -0.05) is 0 Å². The van der Waals surface area contributed by atoms with Gasteiger partial charge in [0.1, 0.15) is 6.10 Å². The summed E-state index contributed by atoms with van der Waals surface area (Å²) < 4.78 is 11.1. The van der Waals surface area contributed by atoms with Crippen LogP contribution in [0.2, 0.25) is 0 Å². The molecular formula is C13H15N3O3. The van der Waals surface area contributed by atoms with Gasteiger partial charge in [-0.05, 0) is 6.07 Å². The number of hydrogen-bond donors (Lipinski definition) is 2. The topological polar surface area (TPSA) is 90.5 Å². The number of benzene rings is 1. The van der Waals surface area contributed by atoms with Crippen molar-refractivity contribution in [3.05, 3.63) is 18.3 Å². The lowest BCUT2D eigenvalue weighted by molar-refractivity contribution is 0.0246. The van der Waals surface area contributed by atoms with Gasteiger partial charge in [0.15, 0.2) is 11.5 Å². The first-order valence-electron chi connectivity index (χ1n) is 6.22. The number of aromatic nitrogens is 2. The maximum Gasteiger partial charge on any atom is 0.220 e. The minimum absolute atomic E-state index is 0.0668. The van der Waals surface area contributed by atoms with Gasteiger partial charge < -0.3 is 20.3 Å². The number of anilines is 1. The number of fused-ring (bicyclic) bond motifs is 1. The summed E-state index contributed by atoms with van der Waals surface area (Å²) in [6.45, 7) is 1.39. The molecule has 0 saturated carbocycles. The Morgan fingerprint density at radius 3 is 2.89 bits per heavy atom. The first kappa shape index (κ1) is 12.0. The Hall–Kier alpha value is -2.08. The first-order chi connectivity index (χ1) is 9.22. The Bertz CT molecular complexity index is 597. The van der Waals surface area contributed by atoms with E-state index in [2.05, 4.69) is 9.97 Å². The summed E-state index contributed by atoms with van der Waals surface area (Å²) in [7, 11) is 0. The SMILES string of the molecule is Nc1ncc2cc(OC3CCOCC3)c(O)cc2n1. The quantitative estimate of drug-likeness (QED) is 0.850. The molecule has 6 nitrogen and oxygen atoms in total. The van der Waals surface area contributed by atoms with Gasteiger partial charge in [-0.2, -0.15) is 0 Å². The van der Waals surface area contributed by atoms with Gasteiger partial charge in [-0.3, -0.25) is 0 Å². The third-order valence-corrected chi connectivity index (χ3v) is 3.14. The smallest absolute Gasteiger partial charge is 0.220 e. The first-order valence-corrected chi connectivity index (χ1v) is 6.22. The van der Waals surface area contributed by atoms with Crippen LogP contribution in [0.25, 0.3) is 10.9 Å². The number of hydrogen-bond acceptors (Lipinski definition) is 6. The molecule has 1 aliphatic heterocycles. The van der Waals surface area contributed by atoms with Gasteiger partial charge in [0, 0.05) is 30.5 Å². The highest BCUT2D eigenvalue weighted by molar-refractivity contribution is 5.82. The molecule has 1 aliphatic rings. The van der Waals surface area contributed by atoms with Crippen molar-refractivity contribution >= 4 is 16.9 Å². The van der Waals surface area contributed by atoms with Gasteiger partial charge in [-0.15, -0.1) is 0 Å². The Labute approximate surface area is 110 Å². The second kappa shape index (κ2) is 4.89.